The zero-order valence-corrected chi connectivity index (χ0v) is 15.6. The molecule has 0 aromatic heterocycles. The number of carboxylic acids is 1. The average molecular weight is 379 g/mol. The number of likely N-dealkylation sites (tertiary alicyclic amines) is 1. The lowest BCUT2D eigenvalue weighted by Crippen LogP contribution is -2.39. The molecule has 142 valence electrons. The van der Waals surface area contributed by atoms with E-state index >= 15 is 0 Å². The first-order valence-electron chi connectivity index (χ1n) is 9.13. The molecule has 0 aliphatic carbocycles. The van der Waals surface area contributed by atoms with Crippen molar-refractivity contribution in [2.75, 3.05) is 24.6 Å². The van der Waals surface area contributed by atoms with Crippen LogP contribution in [0.15, 0.2) is 24.3 Å². The number of hydrogen-bond acceptors (Lipinski definition) is 4. The monoisotopic (exact) mass is 379 g/mol. The van der Waals surface area contributed by atoms with Crippen LogP contribution in [0.4, 0.5) is 0 Å². The molecule has 6 nitrogen and oxygen atoms in total. The third kappa shape index (κ3) is 4.84. The summed E-state index contributed by atoms with van der Waals surface area (Å²) in [4.78, 5) is 25.3. The van der Waals surface area contributed by atoms with Crippen LogP contribution in [0.25, 0.3) is 0 Å². The van der Waals surface area contributed by atoms with E-state index in [2.05, 4.69) is 0 Å². The number of carboxylic acid groups (broad SMARTS) is 1. The SMILES string of the molecule is O=C(O)c1cccc(CC2CCN(C(=O)CC3CCS(=O)(=O)C3)CC2)c1. The van der Waals surface area contributed by atoms with E-state index in [1.54, 1.807) is 18.2 Å². The van der Waals surface area contributed by atoms with E-state index in [0.29, 0.717) is 37.4 Å². The Bertz CT molecular complexity index is 781. The maximum Gasteiger partial charge on any atom is 0.335 e. The Morgan fingerprint density at radius 2 is 1.85 bits per heavy atom. The molecule has 1 amide bonds. The number of rotatable bonds is 5. The maximum absolute atomic E-state index is 12.4. The molecule has 2 heterocycles. The highest BCUT2D eigenvalue weighted by Gasteiger charge is 2.31. The average Bonchev–Trinajstić information content (AvgIpc) is 2.94. The normalized spacial score (nSPS) is 23.1. The highest BCUT2D eigenvalue weighted by Crippen LogP contribution is 2.26. The van der Waals surface area contributed by atoms with Crippen LogP contribution in [0.3, 0.4) is 0 Å². The van der Waals surface area contributed by atoms with Gasteiger partial charge in [-0.05, 0) is 55.2 Å². The molecule has 0 bridgehead atoms. The Kier molecular flexibility index (Phi) is 5.65. The lowest BCUT2D eigenvalue weighted by atomic mass is 9.89. The van der Waals surface area contributed by atoms with Crippen LogP contribution in [0.1, 0.15) is 41.6 Å². The largest absolute Gasteiger partial charge is 0.478 e. The number of aromatic carboxylic acids is 1. The van der Waals surface area contributed by atoms with Crippen LogP contribution in [0, 0.1) is 11.8 Å². The third-order valence-electron chi connectivity index (χ3n) is 5.46. The van der Waals surface area contributed by atoms with Crippen molar-refractivity contribution in [1.82, 2.24) is 4.90 Å². The third-order valence-corrected chi connectivity index (χ3v) is 7.29. The fourth-order valence-electron chi connectivity index (χ4n) is 3.96. The number of benzene rings is 1. The second-order valence-electron chi connectivity index (χ2n) is 7.51. The van der Waals surface area contributed by atoms with Crippen LogP contribution in [-0.2, 0) is 21.1 Å². The second-order valence-corrected chi connectivity index (χ2v) is 9.74. The molecule has 0 radical (unpaired) electrons. The lowest BCUT2D eigenvalue weighted by Gasteiger charge is -2.32. The summed E-state index contributed by atoms with van der Waals surface area (Å²) in [5.41, 5.74) is 1.33. The lowest BCUT2D eigenvalue weighted by molar-refractivity contribution is -0.133. The van der Waals surface area contributed by atoms with E-state index in [9.17, 15) is 18.0 Å². The van der Waals surface area contributed by atoms with Gasteiger partial charge in [0.15, 0.2) is 9.84 Å². The smallest absolute Gasteiger partial charge is 0.335 e. The summed E-state index contributed by atoms with van der Waals surface area (Å²) in [5, 5.41) is 9.08. The molecule has 1 N–H and O–H groups in total. The molecule has 1 atom stereocenters. The summed E-state index contributed by atoms with van der Waals surface area (Å²) in [6.07, 6.45) is 3.55. The predicted molar refractivity (Wildman–Crippen MR) is 97.8 cm³/mol. The van der Waals surface area contributed by atoms with E-state index in [0.717, 1.165) is 24.8 Å². The van der Waals surface area contributed by atoms with Gasteiger partial charge in [0.25, 0.3) is 0 Å². The molecule has 7 heteroatoms. The van der Waals surface area contributed by atoms with E-state index in [4.69, 9.17) is 5.11 Å². The Morgan fingerprint density at radius 1 is 1.12 bits per heavy atom. The van der Waals surface area contributed by atoms with Crippen molar-refractivity contribution in [3.05, 3.63) is 35.4 Å². The molecular weight excluding hydrogens is 354 g/mol. The first-order chi connectivity index (χ1) is 12.3. The van der Waals surface area contributed by atoms with Crippen LogP contribution in [0.5, 0.6) is 0 Å². The molecule has 2 fully saturated rings. The van der Waals surface area contributed by atoms with Gasteiger partial charge in [-0.15, -0.1) is 0 Å². The second kappa shape index (κ2) is 7.78. The van der Waals surface area contributed by atoms with Gasteiger partial charge >= 0.3 is 5.97 Å². The van der Waals surface area contributed by atoms with Gasteiger partial charge in [-0.2, -0.15) is 0 Å². The fraction of sp³-hybridized carbons (Fsp3) is 0.579. The molecule has 1 aromatic carbocycles. The maximum atomic E-state index is 12.4. The summed E-state index contributed by atoms with van der Waals surface area (Å²) in [6, 6.07) is 7.04. The van der Waals surface area contributed by atoms with E-state index in [1.165, 1.54) is 0 Å². The van der Waals surface area contributed by atoms with Crippen molar-refractivity contribution in [2.45, 2.75) is 32.1 Å². The number of hydrogen-bond donors (Lipinski definition) is 1. The minimum atomic E-state index is -2.94. The molecule has 2 aliphatic heterocycles. The molecule has 2 saturated heterocycles. The Hall–Kier alpha value is -1.89. The van der Waals surface area contributed by atoms with Gasteiger partial charge < -0.3 is 10.0 Å². The van der Waals surface area contributed by atoms with Crippen molar-refractivity contribution in [1.29, 1.82) is 0 Å². The number of nitrogens with zero attached hydrogens (tertiary/aromatic N) is 1. The van der Waals surface area contributed by atoms with Gasteiger partial charge in [0.1, 0.15) is 0 Å². The van der Waals surface area contributed by atoms with Crippen molar-refractivity contribution in [3.63, 3.8) is 0 Å². The molecule has 0 spiro atoms. The molecule has 0 saturated carbocycles. The van der Waals surface area contributed by atoms with Gasteiger partial charge in [-0.1, -0.05) is 12.1 Å². The number of amides is 1. The Labute approximate surface area is 154 Å². The number of carbonyl (C=O) groups excluding carboxylic acids is 1. The molecule has 1 unspecified atom stereocenters. The summed E-state index contributed by atoms with van der Waals surface area (Å²) in [5.74, 6) is -0.0732. The van der Waals surface area contributed by atoms with Crippen LogP contribution in [0.2, 0.25) is 0 Å². The predicted octanol–water partition coefficient (Wildman–Crippen LogP) is 1.99. The van der Waals surface area contributed by atoms with Crippen molar-refractivity contribution in [3.8, 4) is 0 Å². The first-order valence-corrected chi connectivity index (χ1v) is 10.9. The topological polar surface area (TPSA) is 91.8 Å². The minimum absolute atomic E-state index is 0.0241. The van der Waals surface area contributed by atoms with Gasteiger partial charge in [0.05, 0.1) is 17.1 Å². The Balaban J connectivity index is 1.47. The van der Waals surface area contributed by atoms with Gasteiger partial charge in [0.2, 0.25) is 5.91 Å². The highest BCUT2D eigenvalue weighted by atomic mass is 32.2. The fourth-order valence-corrected chi connectivity index (χ4v) is 5.82. The molecule has 2 aliphatic rings. The zero-order valence-electron chi connectivity index (χ0n) is 14.8. The standard InChI is InChI=1S/C19H25NO5S/c21-18(12-16-6-9-26(24,25)13-16)20-7-4-14(5-8-20)10-15-2-1-3-17(11-15)19(22)23/h1-3,11,14,16H,4-10,12-13H2,(H,22,23). The Morgan fingerprint density at radius 3 is 2.46 bits per heavy atom. The van der Waals surface area contributed by atoms with Crippen LogP contribution >= 0.6 is 0 Å². The van der Waals surface area contributed by atoms with Crippen molar-refractivity contribution >= 4 is 21.7 Å². The molecule has 26 heavy (non-hydrogen) atoms. The first kappa shape index (κ1) is 18.9. The molecular formula is C19H25NO5S. The van der Waals surface area contributed by atoms with Crippen LogP contribution in [-0.4, -0.2) is 54.9 Å². The van der Waals surface area contributed by atoms with Gasteiger partial charge in [-0.25, -0.2) is 13.2 Å². The minimum Gasteiger partial charge on any atom is -0.478 e. The van der Waals surface area contributed by atoms with E-state index < -0.39 is 15.8 Å². The summed E-state index contributed by atoms with van der Waals surface area (Å²) >= 11 is 0. The number of carbonyl (C=O) groups is 2. The van der Waals surface area contributed by atoms with Crippen molar-refractivity contribution in [2.24, 2.45) is 11.8 Å². The van der Waals surface area contributed by atoms with Gasteiger partial charge in [-0.3, -0.25) is 4.79 Å². The highest BCUT2D eigenvalue weighted by molar-refractivity contribution is 7.91. The number of piperidine rings is 1. The quantitative estimate of drug-likeness (QED) is 0.845. The summed E-state index contributed by atoms with van der Waals surface area (Å²) in [7, 11) is -2.94. The summed E-state index contributed by atoms with van der Waals surface area (Å²) < 4.78 is 23.0. The van der Waals surface area contributed by atoms with Crippen LogP contribution < -0.4 is 0 Å². The van der Waals surface area contributed by atoms with Gasteiger partial charge in [0, 0.05) is 19.5 Å². The molecule has 3 rings (SSSR count). The number of sulfone groups is 1. The zero-order chi connectivity index (χ0) is 18.7. The van der Waals surface area contributed by atoms with E-state index in [1.807, 2.05) is 11.0 Å². The van der Waals surface area contributed by atoms with E-state index in [-0.39, 0.29) is 23.3 Å². The molecule has 1 aromatic rings. The summed E-state index contributed by atoms with van der Waals surface area (Å²) in [6.45, 7) is 1.39. The van der Waals surface area contributed by atoms with Crippen molar-refractivity contribution < 1.29 is 23.1 Å².